The van der Waals surface area contributed by atoms with E-state index >= 15 is 0 Å². The highest BCUT2D eigenvalue weighted by molar-refractivity contribution is 5.67. The van der Waals surface area contributed by atoms with Crippen LogP contribution < -0.4 is 11.1 Å². The van der Waals surface area contributed by atoms with Crippen molar-refractivity contribution in [3.05, 3.63) is 40.6 Å². The molecule has 0 aliphatic heterocycles. The van der Waals surface area contributed by atoms with Crippen LogP contribution in [0.15, 0.2) is 29.1 Å². The first-order valence-corrected chi connectivity index (χ1v) is 5.61. The summed E-state index contributed by atoms with van der Waals surface area (Å²) in [7, 11) is 0. The van der Waals surface area contributed by atoms with Crippen molar-refractivity contribution in [3.63, 3.8) is 0 Å². The number of nitrogens with zero attached hydrogens (tertiary/aromatic N) is 3. The molecule has 2 heterocycles. The van der Waals surface area contributed by atoms with E-state index in [1.165, 1.54) is 6.33 Å². The molecule has 0 fully saturated rings. The minimum atomic E-state index is -0.600. The Kier molecular flexibility index (Phi) is 3.60. The molecule has 0 radical (unpaired) electrons. The lowest BCUT2D eigenvalue weighted by molar-refractivity contribution is -0.383. The molecule has 19 heavy (non-hydrogen) atoms. The molecule has 2 aromatic heterocycles. The van der Waals surface area contributed by atoms with Crippen LogP contribution in [0.4, 0.5) is 17.3 Å². The summed E-state index contributed by atoms with van der Waals surface area (Å²) < 4.78 is 5.21. The van der Waals surface area contributed by atoms with Gasteiger partial charge in [-0.3, -0.25) is 10.1 Å². The van der Waals surface area contributed by atoms with Crippen molar-refractivity contribution in [3.8, 4) is 0 Å². The molecule has 0 aromatic carbocycles. The predicted molar refractivity (Wildman–Crippen MR) is 68.6 cm³/mol. The van der Waals surface area contributed by atoms with E-state index in [-0.39, 0.29) is 23.4 Å². The Hall–Kier alpha value is -2.64. The Morgan fingerprint density at radius 3 is 3.00 bits per heavy atom. The standard InChI is InChI=1S/C11H13N5O3/c1-7(5-8-3-2-4-19-8)15-11-9(16(17)18)10(12)13-6-14-11/h2-4,6-7H,5H2,1H3,(H3,12,13,14,15). The van der Waals surface area contributed by atoms with Crippen LogP contribution in [-0.4, -0.2) is 20.9 Å². The van der Waals surface area contributed by atoms with E-state index in [1.807, 2.05) is 13.0 Å². The molecule has 0 spiro atoms. The highest BCUT2D eigenvalue weighted by Crippen LogP contribution is 2.27. The SMILES string of the molecule is CC(Cc1ccco1)Nc1ncnc(N)c1[N+](=O)[O-]. The van der Waals surface area contributed by atoms with Gasteiger partial charge in [0, 0.05) is 12.5 Å². The average molecular weight is 263 g/mol. The molecule has 0 aliphatic carbocycles. The van der Waals surface area contributed by atoms with Crippen molar-refractivity contribution in [1.29, 1.82) is 0 Å². The lowest BCUT2D eigenvalue weighted by Gasteiger charge is -2.13. The number of anilines is 2. The quantitative estimate of drug-likeness (QED) is 0.620. The zero-order valence-corrected chi connectivity index (χ0v) is 10.2. The first-order chi connectivity index (χ1) is 9.08. The van der Waals surface area contributed by atoms with Gasteiger partial charge >= 0.3 is 5.69 Å². The maximum absolute atomic E-state index is 10.9. The van der Waals surface area contributed by atoms with Crippen molar-refractivity contribution in [2.75, 3.05) is 11.1 Å². The van der Waals surface area contributed by atoms with Gasteiger partial charge in [0.2, 0.25) is 11.6 Å². The molecular weight excluding hydrogens is 250 g/mol. The van der Waals surface area contributed by atoms with Gasteiger partial charge in [-0.15, -0.1) is 0 Å². The maximum Gasteiger partial charge on any atom is 0.352 e. The normalized spacial score (nSPS) is 12.1. The minimum absolute atomic E-state index is 0.0980. The molecule has 0 bridgehead atoms. The second-order valence-corrected chi connectivity index (χ2v) is 4.04. The van der Waals surface area contributed by atoms with Crippen molar-refractivity contribution in [1.82, 2.24) is 9.97 Å². The molecule has 2 aromatic rings. The van der Waals surface area contributed by atoms with Gasteiger partial charge in [0.1, 0.15) is 12.1 Å². The molecule has 3 N–H and O–H groups in total. The highest BCUT2D eigenvalue weighted by Gasteiger charge is 2.22. The second-order valence-electron chi connectivity index (χ2n) is 4.04. The Morgan fingerprint density at radius 2 is 2.37 bits per heavy atom. The summed E-state index contributed by atoms with van der Waals surface area (Å²) in [5.41, 5.74) is 5.17. The number of nitrogen functional groups attached to an aromatic ring is 1. The largest absolute Gasteiger partial charge is 0.469 e. The van der Waals surface area contributed by atoms with Crippen molar-refractivity contribution >= 4 is 17.3 Å². The number of hydrogen-bond donors (Lipinski definition) is 2. The zero-order chi connectivity index (χ0) is 13.8. The van der Waals surface area contributed by atoms with Gasteiger partial charge in [-0.25, -0.2) is 9.97 Å². The van der Waals surface area contributed by atoms with Crippen LogP contribution in [0.5, 0.6) is 0 Å². The molecule has 1 unspecified atom stereocenters. The lowest BCUT2D eigenvalue weighted by atomic mass is 10.2. The molecule has 0 amide bonds. The van der Waals surface area contributed by atoms with E-state index in [2.05, 4.69) is 15.3 Å². The summed E-state index contributed by atoms with van der Waals surface area (Å²) in [4.78, 5) is 17.8. The smallest absolute Gasteiger partial charge is 0.352 e. The van der Waals surface area contributed by atoms with E-state index < -0.39 is 4.92 Å². The predicted octanol–water partition coefficient (Wildman–Crippen LogP) is 1.60. The molecule has 0 aliphatic rings. The minimum Gasteiger partial charge on any atom is -0.469 e. The van der Waals surface area contributed by atoms with Crippen LogP contribution in [-0.2, 0) is 6.42 Å². The van der Waals surface area contributed by atoms with Crippen LogP contribution in [0.2, 0.25) is 0 Å². The fourth-order valence-corrected chi connectivity index (χ4v) is 1.69. The third-order valence-electron chi connectivity index (χ3n) is 2.50. The second kappa shape index (κ2) is 5.34. The van der Waals surface area contributed by atoms with Crippen LogP contribution in [0.25, 0.3) is 0 Å². The molecule has 0 saturated carbocycles. The molecular formula is C11H13N5O3. The van der Waals surface area contributed by atoms with Gasteiger partial charge in [0.05, 0.1) is 11.2 Å². The van der Waals surface area contributed by atoms with Crippen molar-refractivity contribution in [2.45, 2.75) is 19.4 Å². The summed E-state index contributed by atoms with van der Waals surface area (Å²) in [6.45, 7) is 1.87. The van der Waals surface area contributed by atoms with E-state index in [4.69, 9.17) is 10.2 Å². The number of nitro groups is 1. The summed E-state index contributed by atoms with van der Waals surface area (Å²) >= 11 is 0. The first-order valence-electron chi connectivity index (χ1n) is 5.61. The van der Waals surface area contributed by atoms with Gasteiger partial charge < -0.3 is 15.5 Å². The Balaban J connectivity index is 2.14. The number of rotatable bonds is 5. The highest BCUT2D eigenvalue weighted by atomic mass is 16.6. The van der Waals surface area contributed by atoms with Crippen molar-refractivity contribution in [2.24, 2.45) is 0 Å². The van der Waals surface area contributed by atoms with E-state index in [9.17, 15) is 10.1 Å². The van der Waals surface area contributed by atoms with Crippen LogP contribution >= 0.6 is 0 Å². The van der Waals surface area contributed by atoms with Gasteiger partial charge in [-0.2, -0.15) is 0 Å². The number of furan rings is 1. The molecule has 8 nitrogen and oxygen atoms in total. The van der Waals surface area contributed by atoms with Crippen molar-refractivity contribution < 1.29 is 9.34 Å². The third-order valence-corrected chi connectivity index (χ3v) is 2.50. The number of aromatic nitrogens is 2. The average Bonchev–Trinajstić information content (AvgIpc) is 2.81. The Bertz CT molecular complexity index is 570. The molecule has 2 rings (SSSR count). The van der Waals surface area contributed by atoms with E-state index in [1.54, 1.807) is 12.3 Å². The summed E-state index contributed by atoms with van der Waals surface area (Å²) in [5.74, 6) is 0.730. The number of nitrogens with two attached hydrogens (primary N) is 1. The Morgan fingerprint density at radius 1 is 1.58 bits per heavy atom. The molecule has 100 valence electrons. The topological polar surface area (TPSA) is 120 Å². The Labute approximate surface area is 108 Å². The number of hydrogen-bond acceptors (Lipinski definition) is 7. The van der Waals surface area contributed by atoms with Crippen LogP contribution in [0, 0.1) is 10.1 Å². The molecule has 8 heteroatoms. The zero-order valence-electron chi connectivity index (χ0n) is 10.2. The first kappa shape index (κ1) is 12.8. The van der Waals surface area contributed by atoms with Gasteiger partial charge in [0.25, 0.3) is 0 Å². The summed E-state index contributed by atoms with van der Waals surface area (Å²) in [6, 6.07) is 3.52. The van der Waals surface area contributed by atoms with Gasteiger partial charge in [-0.05, 0) is 19.1 Å². The van der Waals surface area contributed by atoms with E-state index in [0.29, 0.717) is 6.42 Å². The fourth-order valence-electron chi connectivity index (χ4n) is 1.69. The molecule has 0 saturated heterocycles. The third kappa shape index (κ3) is 2.97. The van der Waals surface area contributed by atoms with Crippen LogP contribution in [0.3, 0.4) is 0 Å². The summed E-state index contributed by atoms with van der Waals surface area (Å²) in [6.07, 6.45) is 3.34. The molecule has 1 atom stereocenters. The maximum atomic E-state index is 10.9. The van der Waals surface area contributed by atoms with E-state index in [0.717, 1.165) is 5.76 Å². The lowest BCUT2D eigenvalue weighted by Crippen LogP contribution is -2.20. The number of nitrogens with one attached hydrogen (secondary N) is 1. The summed E-state index contributed by atoms with van der Waals surface area (Å²) in [5, 5.41) is 13.9. The fraction of sp³-hybridized carbons (Fsp3) is 0.273. The monoisotopic (exact) mass is 263 g/mol. The van der Waals surface area contributed by atoms with Gasteiger partial charge in [0.15, 0.2) is 0 Å². The van der Waals surface area contributed by atoms with Gasteiger partial charge in [-0.1, -0.05) is 0 Å². The van der Waals surface area contributed by atoms with Crippen LogP contribution in [0.1, 0.15) is 12.7 Å².